The Labute approximate surface area is 127 Å². The molecule has 0 spiro atoms. The van der Waals surface area contributed by atoms with Crippen molar-refractivity contribution in [3.05, 3.63) is 0 Å². The van der Waals surface area contributed by atoms with Crippen molar-refractivity contribution < 1.29 is 104 Å². The molecule has 12 N–H and O–H groups in total. The molecule has 0 amide bonds. The van der Waals surface area contributed by atoms with Crippen molar-refractivity contribution in [3.8, 4) is 0 Å². The SMILES string of the molecule is N.N.N.N.[Cu].[Ti].[Ti].[Ti].[Ti]. The minimum atomic E-state index is 0. The second-order valence-electron chi connectivity index (χ2n) is 0. The molecule has 0 bridgehead atoms. The zero-order valence-electron chi connectivity index (χ0n) is 5.13. The summed E-state index contributed by atoms with van der Waals surface area (Å²) >= 11 is 0. The summed E-state index contributed by atoms with van der Waals surface area (Å²) in [5.74, 6) is 0. The van der Waals surface area contributed by atoms with Gasteiger partial charge < -0.3 is 24.6 Å². The Morgan fingerprint density at radius 3 is 0.333 bits per heavy atom. The Hall–Kier alpha value is 3.22. The Balaban J connectivity index is 0. The minimum Gasteiger partial charge on any atom is -0.344 e. The van der Waals surface area contributed by atoms with Gasteiger partial charge in [0.1, 0.15) is 0 Å². The summed E-state index contributed by atoms with van der Waals surface area (Å²) in [4.78, 5) is 0. The van der Waals surface area contributed by atoms with Crippen molar-refractivity contribution in [1.82, 2.24) is 24.6 Å². The van der Waals surface area contributed by atoms with Crippen LogP contribution in [0.2, 0.25) is 0 Å². The number of hydrogen-bond donors (Lipinski definition) is 4. The summed E-state index contributed by atoms with van der Waals surface area (Å²) in [6.45, 7) is 0. The molecule has 1 radical (unpaired) electrons. The Morgan fingerprint density at radius 1 is 0.333 bits per heavy atom. The predicted molar refractivity (Wildman–Crippen MR) is 20.1 cm³/mol. The molecule has 0 aliphatic rings. The quantitative estimate of drug-likeness (QED) is 0.485. The molecule has 0 aromatic carbocycles. The molecular formula is H12CuN4Ti4. The van der Waals surface area contributed by atoms with E-state index in [9.17, 15) is 0 Å². The summed E-state index contributed by atoms with van der Waals surface area (Å²) in [5.41, 5.74) is 0. The molecule has 0 rings (SSSR count). The van der Waals surface area contributed by atoms with Gasteiger partial charge in [-0.05, 0) is 0 Å². The van der Waals surface area contributed by atoms with Crippen LogP contribution in [0.15, 0.2) is 0 Å². The second-order valence-corrected chi connectivity index (χ2v) is 0. The van der Waals surface area contributed by atoms with E-state index in [1.807, 2.05) is 0 Å². The largest absolute Gasteiger partial charge is 0.344 e. The van der Waals surface area contributed by atoms with Crippen LogP contribution >= 0.6 is 0 Å². The molecule has 0 atom stereocenters. The van der Waals surface area contributed by atoms with Gasteiger partial charge in [-0.2, -0.15) is 0 Å². The first-order valence-electron chi connectivity index (χ1n) is 0. The van der Waals surface area contributed by atoms with Gasteiger partial charge in [0.25, 0.3) is 0 Å². The number of hydrogen-bond acceptors (Lipinski definition) is 4. The summed E-state index contributed by atoms with van der Waals surface area (Å²) in [6.07, 6.45) is 0. The normalized spacial score (nSPS) is 0. The molecule has 0 aliphatic heterocycles. The standard InChI is InChI=1S/Cu.4H3N.4Ti/h;4*1H3;;;;. The molecule has 9 heteroatoms. The average Bonchev–Trinajstić information content (AvgIpc) is 0. The van der Waals surface area contributed by atoms with Crippen LogP contribution in [0.1, 0.15) is 0 Å². The van der Waals surface area contributed by atoms with Crippen LogP contribution < -0.4 is 24.6 Å². The molecule has 0 aliphatic carbocycles. The number of rotatable bonds is 0. The maximum absolute atomic E-state index is 0. The Bertz CT molecular complexity index is 12.5. The van der Waals surface area contributed by atoms with Crippen LogP contribution in [0.5, 0.6) is 0 Å². The molecule has 0 fully saturated rings. The van der Waals surface area contributed by atoms with Gasteiger partial charge in [0.05, 0.1) is 0 Å². The topological polar surface area (TPSA) is 140 Å². The fraction of sp³-hybridized carbons (Fsp3) is 0. The summed E-state index contributed by atoms with van der Waals surface area (Å²) in [6, 6.07) is 0. The van der Waals surface area contributed by atoms with Gasteiger partial charge in [-0.15, -0.1) is 0 Å². The smallest absolute Gasteiger partial charge is 0 e. The maximum atomic E-state index is 0. The van der Waals surface area contributed by atoms with Crippen LogP contribution in [0.25, 0.3) is 0 Å². The molecule has 0 heterocycles. The molecule has 0 unspecified atom stereocenters. The predicted octanol–water partition coefficient (Wildman–Crippen LogP) is 0.635. The summed E-state index contributed by atoms with van der Waals surface area (Å²) < 4.78 is 0. The van der Waals surface area contributed by atoms with E-state index < -0.39 is 0 Å². The van der Waals surface area contributed by atoms with Crippen LogP contribution in [0, 0.1) is 0 Å². The third-order valence-corrected chi connectivity index (χ3v) is 0. The van der Waals surface area contributed by atoms with Crippen LogP contribution in [-0.2, 0) is 104 Å². The van der Waals surface area contributed by atoms with Gasteiger partial charge in [-0.1, -0.05) is 0 Å². The van der Waals surface area contributed by atoms with Crippen molar-refractivity contribution in [3.63, 3.8) is 0 Å². The van der Waals surface area contributed by atoms with Gasteiger partial charge in [0.2, 0.25) is 0 Å². The molecule has 59 valence electrons. The van der Waals surface area contributed by atoms with Crippen molar-refractivity contribution in [2.45, 2.75) is 0 Å². The van der Waals surface area contributed by atoms with Gasteiger partial charge >= 0.3 is 0 Å². The van der Waals surface area contributed by atoms with Gasteiger partial charge in [0.15, 0.2) is 0 Å². The van der Waals surface area contributed by atoms with Crippen molar-refractivity contribution in [2.24, 2.45) is 0 Å². The molecule has 0 saturated heterocycles. The van der Waals surface area contributed by atoms with Crippen molar-refractivity contribution in [1.29, 1.82) is 0 Å². The van der Waals surface area contributed by atoms with Crippen molar-refractivity contribution in [2.75, 3.05) is 0 Å². The van der Waals surface area contributed by atoms with Gasteiger partial charge in [-0.3, -0.25) is 0 Å². The first kappa shape index (κ1) is 149. The van der Waals surface area contributed by atoms with E-state index in [1.165, 1.54) is 0 Å². The van der Waals surface area contributed by atoms with Crippen LogP contribution in [-0.4, -0.2) is 0 Å². The van der Waals surface area contributed by atoms with Crippen LogP contribution in [0.3, 0.4) is 0 Å². The molecular weight excluding hydrogens is 311 g/mol. The Kier molecular flexibility index (Phi) is 1870. The fourth-order valence-corrected chi connectivity index (χ4v) is 0. The van der Waals surface area contributed by atoms with E-state index in [2.05, 4.69) is 0 Å². The third kappa shape index (κ3) is 92.1. The minimum absolute atomic E-state index is 0. The van der Waals surface area contributed by atoms with E-state index in [0.717, 1.165) is 0 Å². The zero-order valence-corrected chi connectivity index (χ0v) is 12.3. The van der Waals surface area contributed by atoms with E-state index >= 15 is 0 Å². The van der Waals surface area contributed by atoms with Crippen molar-refractivity contribution >= 4 is 0 Å². The van der Waals surface area contributed by atoms with E-state index in [1.54, 1.807) is 0 Å². The molecule has 0 aromatic heterocycles. The second kappa shape index (κ2) is 113. The first-order valence-corrected chi connectivity index (χ1v) is 0. The molecule has 4 nitrogen and oxygen atoms in total. The summed E-state index contributed by atoms with van der Waals surface area (Å²) in [7, 11) is 0. The zero-order chi connectivity index (χ0) is 0. The third-order valence-electron chi connectivity index (χ3n) is 0. The summed E-state index contributed by atoms with van der Waals surface area (Å²) in [5, 5.41) is 0. The molecule has 9 heavy (non-hydrogen) atoms. The molecule has 0 aromatic rings. The fourth-order valence-electron chi connectivity index (χ4n) is 0. The monoisotopic (exact) mass is 323 g/mol. The van der Waals surface area contributed by atoms with Crippen LogP contribution in [0.4, 0.5) is 0 Å². The maximum Gasteiger partial charge on any atom is 0 e. The average molecular weight is 323 g/mol. The molecule has 0 saturated carbocycles. The van der Waals surface area contributed by atoms with E-state index in [4.69, 9.17) is 0 Å². The van der Waals surface area contributed by atoms with E-state index in [-0.39, 0.29) is 129 Å². The van der Waals surface area contributed by atoms with E-state index in [0.29, 0.717) is 0 Å². The van der Waals surface area contributed by atoms with Gasteiger partial charge in [-0.25, -0.2) is 0 Å². The van der Waals surface area contributed by atoms with Gasteiger partial charge in [0, 0.05) is 104 Å². The Morgan fingerprint density at radius 2 is 0.333 bits per heavy atom. The first-order chi connectivity index (χ1) is 0.